The number of aromatic nitrogens is 2. The molecule has 0 fully saturated rings. The third-order valence-electron chi connectivity index (χ3n) is 3.79. The van der Waals surface area contributed by atoms with Gasteiger partial charge in [-0.3, -0.25) is 9.48 Å². The lowest BCUT2D eigenvalue weighted by molar-refractivity contribution is -0.124. The van der Waals surface area contributed by atoms with E-state index in [1.54, 1.807) is 31.4 Å². The molecule has 0 saturated heterocycles. The zero-order valence-corrected chi connectivity index (χ0v) is 13.2. The third kappa shape index (κ3) is 3.00. The molecule has 2 aromatic rings. The number of aliphatic hydroxyl groups is 1. The van der Waals surface area contributed by atoms with Crippen LogP contribution in [0.5, 0.6) is 11.5 Å². The molecular formula is C16H19N3O4. The lowest BCUT2D eigenvalue weighted by atomic mass is 10.2. The van der Waals surface area contributed by atoms with Crippen LogP contribution >= 0.6 is 0 Å². The molecule has 0 saturated carbocycles. The van der Waals surface area contributed by atoms with Gasteiger partial charge in [0.05, 0.1) is 6.20 Å². The van der Waals surface area contributed by atoms with E-state index in [0.717, 1.165) is 0 Å². The number of ether oxygens (including phenoxy) is 2. The molecule has 7 nitrogen and oxygen atoms in total. The second kappa shape index (κ2) is 5.58. The van der Waals surface area contributed by atoms with Gasteiger partial charge in [-0.15, -0.1) is 0 Å². The molecule has 1 aromatic heterocycles. The van der Waals surface area contributed by atoms with Crippen LogP contribution in [-0.4, -0.2) is 26.6 Å². The number of anilines is 1. The lowest BCUT2D eigenvalue weighted by Gasteiger charge is -2.20. The van der Waals surface area contributed by atoms with Crippen molar-refractivity contribution in [1.82, 2.24) is 9.78 Å². The molecule has 2 atom stereocenters. The number of amides is 1. The van der Waals surface area contributed by atoms with Crippen molar-refractivity contribution >= 4 is 11.6 Å². The van der Waals surface area contributed by atoms with Gasteiger partial charge in [-0.2, -0.15) is 5.10 Å². The van der Waals surface area contributed by atoms with Gasteiger partial charge in [-0.05, 0) is 12.1 Å². The Kier molecular flexibility index (Phi) is 3.73. The second-order valence-corrected chi connectivity index (χ2v) is 5.69. The molecule has 1 aliphatic rings. The summed E-state index contributed by atoms with van der Waals surface area (Å²) in [5.74, 6) is -0.00139. The fourth-order valence-corrected chi connectivity index (χ4v) is 2.32. The van der Waals surface area contributed by atoms with Gasteiger partial charge < -0.3 is 19.9 Å². The van der Waals surface area contributed by atoms with Crippen LogP contribution in [0.1, 0.15) is 31.9 Å². The summed E-state index contributed by atoms with van der Waals surface area (Å²) in [6.07, 6.45) is 2.46. The first-order valence-corrected chi connectivity index (χ1v) is 7.40. The van der Waals surface area contributed by atoms with Crippen LogP contribution in [0.15, 0.2) is 30.6 Å². The average molecular weight is 317 g/mol. The predicted molar refractivity (Wildman–Crippen MR) is 83.2 cm³/mol. The van der Waals surface area contributed by atoms with Crippen LogP contribution in [0, 0.1) is 0 Å². The maximum atomic E-state index is 12.1. The molecule has 2 heterocycles. The Hall–Kier alpha value is -2.54. The molecule has 0 bridgehead atoms. The summed E-state index contributed by atoms with van der Waals surface area (Å²) < 4.78 is 13.0. The molecule has 1 amide bonds. The van der Waals surface area contributed by atoms with Gasteiger partial charge in [-0.1, -0.05) is 6.92 Å². The summed E-state index contributed by atoms with van der Waals surface area (Å²) in [5.41, 5.74) is 0.963. The number of hydrogen-bond donors (Lipinski definition) is 2. The van der Waals surface area contributed by atoms with Crippen molar-refractivity contribution in [2.75, 3.05) is 5.32 Å². The molecule has 0 radical (unpaired) electrons. The first kappa shape index (κ1) is 15.4. The van der Waals surface area contributed by atoms with Gasteiger partial charge in [0.1, 0.15) is 0 Å². The highest BCUT2D eigenvalue weighted by Crippen LogP contribution is 2.42. The molecule has 122 valence electrons. The van der Waals surface area contributed by atoms with Crippen LogP contribution in [0.2, 0.25) is 0 Å². The zero-order chi connectivity index (χ0) is 16.6. The van der Waals surface area contributed by atoms with Gasteiger partial charge in [0, 0.05) is 43.9 Å². The van der Waals surface area contributed by atoms with Gasteiger partial charge in [0.15, 0.2) is 17.6 Å². The Labute approximate surface area is 133 Å². The Morgan fingerprint density at radius 2 is 2.17 bits per heavy atom. The minimum Gasteiger partial charge on any atom is -0.449 e. The molecule has 23 heavy (non-hydrogen) atoms. The van der Waals surface area contributed by atoms with E-state index in [9.17, 15) is 9.90 Å². The van der Waals surface area contributed by atoms with Crippen molar-refractivity contribution in [3.8, 4) is 11.5 Å². The molecule has 1 aliphatic heterocycles. The van der Waals surface area contributed by atoms with E-state index in [-0.39, 0.29) is 0 Å². The number of nitrogens with one attached hydrogen (secondary N) is 1. The van der Waals surface area contributed by atoms with Gasteiger partial charge in [0.25, 0.3) is 5.91 Å². The molecule has 7 heteroatoms. The van der Waals surface area contributed by atoms with Crippen molar-refractivity contribution in [2.24, 2.45) is 7.05 Å². The topological polar surface area (TPSA) is 85.6 Å². The van der Waals surface area contributed by atoms with Crippen molar-refractivity contribution < 1.29 is 19.4 Å². The first-order valence-electron chi connectivity index (χ1n) is 7.40. The summed E-state index contributed by atoms with van der Waals surface area (Å²) in [5, 5.41) is 16.7. The monoisotopic (exact) mass is 317 g/mol. The average Bonchev–Trinajstić information content (AvgIpc) is 3.09. The van der Waals surface area contributed by atoms with Crippen LogP contribution in [0.4, 0.5) is 5.69 Å². The molecule has 3 rings (SSSR count). The van der Waals surface area contributed by atoms with E-state index >= 15 is 0 Å². The summed E-state index contributed by atoms with van der Waals surface area (Å²) in [6, 6.07) is 5.13. The minimum atomic E-state index is -1.28. The van der Waals surface area contributed by atoms with Crippen LogP contribution < -0.4 is 14.8 Å². The van der Waals surface area contributed by atoms with Gasteiger partial charge in [-0.25, -0.2) is 0 Å². The zero-order valence-electron chi connectivity index (χ0n) is 13.2. The Balaban J connectivity index is 1.72. The maximum Gasteiger partial charge on any atom is 0.257 e. The molecule has 0 spiro atoms. The number of aryl methyl sites for hydroxylation is 1. The minimum absolute atomic E-state index is 0.435. The van der Waals surface area contributed by atoms with Gasteiger partial charge >= 0.3 is 0 Å². The number of rotatable bonds is 4. The molecule has 0 unspecified atom stereocenters. The lowest BCUT2D eigenvalue weighted by Crippen LogP contribution is -2.33. The quantitative estimate of drug-likeness (QED) is 0.900. The second-order valence-electron chi connectivity index (χ2n) is 5.69. The number of fused-ring (bicyclic) bond motifs is 1. The van der Waals surface area contributed by atoms with Crippen LogP contribution in [-0.2, 0) is 11.8 Å². The number of nitrogens with zero attached hydrogens (tertiary/aromatic N) is 2. The summed E-state index contributed by atoms with van der Waals surface area (Å²) >= 11 is 0. The smallest absolute Gasteiger partial charge is 0.257 e. The fraction of sp³-hybridized carbons (Fsp3) is 0.375. The number of aliphatic hydroxyl groups excluding tert-OH is 1. The Morgan fingerprint density at radius 3 is 2.83 bits per heavy atom. The van der Waals surface area contributed by atoms with Gasteiger partial charge in [0.2, 0.25) is 5.79 Å². The summed E-state index contributed by atoms with van der Waals surface area (Å²) in [6.45, 7) is 3.83. The van der Waals surface area contributed by atoms with E-state index in [1.165, 1.54) is 10.9 Å². The SMILES string of the molecule is CC[C@]1(C)Oc2ccc(NC(=O)[C@@H](O)c3cnn(C)c3)cc2O1. The molecule has 2 N–H and O–H groups in total. The first-order chi connectivity index (χ1) is 10.9. The van der Waals surface area contributed by atoms with Crippen molar-refractivity contribution in [3.05, 3.63) is 36.2 Å². The molecule has 1 aromatic carbocycles. The highest BCUT2D eigenvalue weighted by atomic mass is 16.7. The van der Waals surface area contributed by atoms with E-state index < -0.39 is 17.8 Å². The fourth-order valence-electron chi connectivity index (χ4n) is 2.32. The Morgan fingerprint density at radius 1 is 1.43 bits per heavy atom. The molecular weight excluding hydrogens is 298 g/mol. The summed E-state index contributed by atoms with van der Waals surface area (Å²) in [7, 11) is 1.72. The number of carbonyl (C=O) groups excluding carboxylic acids is 1. The van der Waals surface area contributed by atoms with E-state index in [0.29, 0.717) is 29.2 Å². The Bertz CT molecular complexity index is 743. The van der Waals surface area contributed by atoms with Crippen molar-refractivity contribution in [3.63, 3.8) is 0 Å². The van der Waals surface area contributed by atoms with E-state index in [1.807, 2.05) is 13.8 Å². The normalized spacial score (nSPS) is 20.3. The summed E-state index contributed by atoms with van der Waals surface area (Å²) in [4.78, 5) is 12.1. The third-order valence-corrected chi connectivity index (χ3v) is 3.79. The number of hydrogen-bond acceptors (Lipinski definition) is 5. The predicted octanol–water partition coefficient (Wildman–Crippen LogP) is 1.99. The van der Waals surface area contributed by atoms with E-state index in [4.69, 9.17) is 9.47 Å². The highest BCUT2D eigenvalue weighted by Gasteiger charge is 2.35. The highest BCUT2D eigenvalue weighted by molar-refractivity contribution is 5.94. The van der Waals surface area contributed by atoms with E-state index in [2.05, 4.69) is 10.4 Å². The maximum absolute atomic E-state index is 12.1. The van der Waals surface area contributed by atoms with Crippen LogP contribution in [0.3, 0.4) is 0 Å². The molecule has 0 aliphatic carbocycles. The number of benzene rings is 1. The van der Waals surface area contributed by atoms with Crippen molar-refractivity contribution in [2.45, 2.75) is 32.2 Å². The van der Waals surface area contributed by atoms with Crippen molar-refractivity contribution in [1.29, 1.82) is 0 Å². The van der Waals surface area contributed by atoms with Crippen LogP contribution in [0.25, 0.3) is 0 Å². The standard InChI is InChI=1S/C16H19N3O4/c1-4-16(2)22-12-6-5-11(7-13(12)23-16)18-15(21)14(20)10-8-17-19(3)9-10/h5-9,14,20H,4H2,1-3H3,(H,18,21)/t14-,16+/m0/s1. The number of carbonyl (C=O) groups is 1. The largest absolute Gasteiger partial charge is 0.449 e.